The second-order valence-corrected chi connectivity index (χ2v) is 6.29. The summed E-state index contributed by atoms with van der Waals surface area (Å²) in [6.07, 6.45) is 1.47. The second-order valence-electron chi connectivity index (χ2n) is 6.29. The van der Waals surface area contributed by atoms with Crippen LogP contribution in [0.1, 0.15) is 12.5 Å². The van der Waals surface area contributed by atoms with Crippen LogP contribution in [0, 0.1) is 5.82 Å². The first-order valence-corrected chi connectivity index (χ1v) is 8.64. The molecule has 0 saturated heterocycles. The third-order valence-electron chi connectivity index (χ3n) is 4.56. The maximum Gasteiger partial charge on any atom is 0.249 e. The summed E-state index contributed by atoms with van der Waals surface area (Å²) in [5.74, 6) is -0.375. The van der Waals surface area contributed by atoms with Crippen LogP contribution in [0.5, 0.6) is 5.75 Å². The number of hydrogen-bond donors (Lipinski definition) is 2. The predicted molar refractivity (Wildman–Crippen MR) is 102 cm³/mol. The van der Waals surface area contributed by atoms with E-state index >= 15 is 0 Å². The summed E-state index contributed by atoms with van der Waals surface area (Å²) in [6, 6.07) is 12.3. The van der Waals surface area contributed by atoms with E-state index in [1.165, 1.54) is 22.9 Å². The van der Waals surface area contributed by atoms with E-state index in [-0.39, 0.29) is 18.0 Å². The minimum absolute atomic E-state index is 0.0529. The molecular formula is C20H17FN4O3. The van der Waals surface area contributed by atoms with E-state index in [2.05, 4.69) is 15.7 Å². The van der Waals surface area contributed by atoms with Crippen molar-refractivity contribution in [3.8, 4) is 16.9 Å². The van der Waals surface area contributed by atoms with Gasteiger partial charge in [-0.3, -0.25) is 9.59 Å². The number of aromatic nitrogens is 2. The molecule has 0 bridgehead atoms. The number of nitrogens with zero attached hydrogens (tertiary/aromatic N) is 2. The lowest BCUT2D eigenvalue weighted by Gasteiger charge is -2.24. The highest BCUT2D eigenvalue weighted by Gasteiger charge is 2.34. The Morgan fingerprint density at radius 2 is 1.96 bits per heavy atom. The topological polar surface area (TPSA) is 85.2 Å². The quantitative estimate of drug-likeness (QED) is 0.728. The molecule has 1 aliphatic rings. The van der Waals surface area contributed by atoms with Crippen molar-refractivity contribution in [2.24, 2.45) is 0 Å². The Labute approximate surface area is 160 Å². The lowest BCUT2D eigenvalue weighted by Crippen LogP contribution is -2.36. The van der Waals surface area contributed by atoms with Gasteiger partial charge in [-0.25, -0.2) is 9.07 Å². The average molecular weight is 380 g/mol. The first kappa shape index (κ1) is 17.7. The van der Waals surface area contributed by atoms with Crippen LogP contribution in [0.15, 0.2) is 54.7 Å². The molecule has 1 aliphatic heterocycles. The third kappa shape index (κ3) is 3.09. The van der Waals surface area contributed by atoms with Gasteiger partial charge < -0.3 is 15.4 Å². The molecule has 2 N–H and O–H groups in total. The van der Waals surface area contributed by atoms with Crippen molar-refractivity contribution < 1.29 is 18.7 Å². The molecule has 142 valence electrons. The molecule has 0 spiro atoms. The van der Waals surface area contributed by atoms with E-state index in [0.29, 0.717) is 17.1 Å². The summed E-state index contributed by atoms with van der Waals surface area (Å²) < 4.78 is 20.7. The van der Waals surface area contributed by atoms with Crippen LogP contribution in [0.25, 0.3) is 11.1 Å². The summed E-state index contributed by atoms with van der Waals surface area (Å²) in [5, 5.41) is 9.61. The maximum atomic E-state index is 13.9. The molecular weight excluding hydrogens is 363 g/mol. The number of amides is 2. The van der Waals surface area contributed by atoms with E-state index < -0.39 is 17.8 Å². The molecule has 0 saturated carbocycles. The van der Waals surface area contributed by atoms with Gasteiger partial charge in [-0.2, -0.15) is 5.10 Å². The fourth-order valence-corrected chi connectivity index (χ4v) is 3.21. The van der Waals surface area contributed by atoms with Gasteiger partial charge in [-0.1, -0.05) is 30.3 Å². The number of hydrogen-bond acceptors (Lipinski definition) is 4. The van der Waals surface area contributed by atoms with E-state index in [1.54, 1.807) is 25.4 Å². The fourth-order valence-electron chi connectivity index (χ4n) is 3.21. The van der Waals surface area contributed by atoms with Crippen molar-refractivity contribution in [2.75, 3.05) is 17.7 Å². The number of carbonyl (C=O) groups excluding carboxylic acids is 2. The van der Waals surface area contributed by atoms with Crippen molar-refractivity contribution in [2.45, 2.75) is 12.5 Å². The lowest BCUT2D eigenvalue weighted by atomic mass is 10.1. The molecule has 4 rings (SSSR count). The van der Waals surface area contributed by atoms with Gasteiger partial charge in [0, 0.05) is 11.1 Å². The molecule has 1 atom stereocenters. The smallest absolute Gasteiger partial charge is 0.249 e. The van der Waals surface area contributed by atoms with Crippen LogP contribution >= 0.6 is 0 Å². The molecule has 0 fully saturated rings. The number of nitrogens with one attached hydrogen (secondary N) is 2. The predicted octanol–water partition coefficient (Wildman–Crippen LogP) is 3.22. The number of halogens is 1. The largest absolute Gasteiger partial charge is 0.496 e. The number of ether oxygens (including phenoxy) is 1. The molecule has 2 amide bonds. The normalized spacial score (nSPS) is 15.5. The molecule has 0 unspecified atom stereocenters. The Balaban J connectivity index is 1.71. The molecule has 2 heterocycles. The monoisotopic (exact) mass is 380 g/mol. The van der Waals surface area contributed by atoms with Gasteiger partial charge in [0.2, 0.25) is 11.8 Å². The summed E-state index contributed by atoms with van der Waals surface area (Å²) in [5.41, 5.74) is 1.42. The SMILES string of the molecule is COc1ccccc1-c1cnn2c1NC(=O)C[C@@H]2C(=O)Nc1ccccc1F. The van der Waals surface area contributed by atoms with Crippen molar-refractivity contribution in [1.29, 1.82) is 0 Å². The van der Waals surface area contributed by atoms with Crippen LogP contribution in [0.2, 0.25) is 0 Å². The Kier molecular flexibility index (Phi) is 4.52. The Morgan fingerprint density at radius 3 is 2.75 bits per heavy atom. The van der Waals surface area contributed by atoms with Crippen LogP contribution in [0.4, 0.5) is 15.9 Å². The summed E-state index contributed by atoms with van der Waals surface area (Å²) in [7, 11) is 1.55. The molecule has 7 nitrogen and oxygen atoms in total. The standard InChI is InChI=1S/C20H17FN4O3/c1-28-17-9-5-2-6-12(17)13-11-22-25-16(10-18(26)24-19(13)25)20(27)23-15-8-4-3-7-14(15)21/h2-9,11,16H,10H2,1H3,(H,23,27)(H,24,26)/t16-/m1/s1. The van der Waals surface area contributed by atoms with Gasteiger partial charge in [0.25, 0.3) is 0 Å². The summed E-state index contributed by atoms with van der Waals surface area (Å²) in [6.45, 7) is 0. The van der Waals surface area contributed by atoms with E-state index in [1.807, 2.05) is 18.2 Å². The maximum absolute atomic E-state index is 13.9. The second kappa shape index (κ2) is 7.15. The highest BCUT2D eigenvalue weighted by atomic mass is 19.1. The first-order chi connectivity index (χ1) is 13.6. The van der Waals surface area contributed by atoms with Gasteiger partial charge in [-0.15, -0.1) is 0 Å². The van der Waals surface area contributed by atoms with Crippen LogP contribution in [-0.2, 0) is 9.59 Å². The fraction of sp³-hybridized carbons (Fsp3) is 0.150. The summed E-state index contributed by atoms with van der Waals surface area (Å²) in [4.78, 5) is 25.0. The van der Waals surface area contributed by atoms with Crippen molar-refractivity contribution >= 4 is 23.3 Å². The highest BCUT2D eigenvalue weighted by molar-refractivity contribution is 6.03. The Hall–Kier alpha value is -3.68. The number of anilines is 2. The number of rotatable bonds is 4. The van der Waals surface area contributed by atoms with Gasteiger partial charge in [0.1, 0.15) is 23.4 Å². The zero-order chi connectivity index (χ0) is 19.7. The van der Waals surface area contributed by atoms with Crippen molar-refractivity contribution in [3.05, 3.63) is 60.5 Å². The van der Waals surface area contributed by atoms with Crippen LogP contribution < -0.4 is 15.4 Å². The number of methoxy groups -OCH3 is 1. The third-order valence-corrected chi connectivity index (χ3v) is 4.56. The molecule has 2 aromatic carbocycles. The molecule has 3 aromatic rings. The van der Waals surface area contributed by atoms with Gasteiger partial charge in [-0.05, 0) is 18.2 Å². The van der Waals surface area contributed by atoms with Gasteiger partial charge in [0.05, 0.1) is 25.4 Å². The minimum Gasteiger partial charge on any atom is -0.496 e. The molecule has 28 heavy (non-hydrogen) atoms. The van der Waals surface area contributed by atoms with Crippen LogP contribution in [0.3, 0.4) is 0 Å². The number of benzene rings is 2. The lowest BCUT2D eigenvalue weighted by molar-refractivity contribution is -0.125. The average Bonchev–Trinajstić information content (AvgIpc) is 3.12. The zero-order valence-electron chi connectivity index (χ0n) is 15.0. The van der Waals surface area contributed by atoms with Gasteiger partial charge in [0.15, 0.2) is 0 Å². The Morgan fingerprint density at radius 1 is 1.21 bits per heavy atom. The van der Waals surface area contributed by atoms with Crippen molar-refractivity contribution in [1.82, 2.24) is 9.78 Å². The van der Waals surface area contributed by atoms with Crippen molar-refractivity contribution in [3.63, 3.8) is 0 Å². The number of para-hydroxylation sites is 2. The van der Waals surface area contributed by atoms with Crippen LogP contribution in [-0.4, -0.2) is 28.7 Å². The van der Waals surface area contributed by atoms with E-state index in [0.717, 1.165) is 5.56 Å². The first-order valence-electron chi connectivity index (χ1n) is 8.64. The number of carbonyl (C=O) groups is 2. The molecule has 8 heteroatoms. The minimum atomic E-state index is -0.896. The van der Waals surface area contributed by atoms with E-state index in [4.69, 9.17) is 4.74 Å². The molecule has 0 radical (unpaired) electrons. The molecule has 0 aliphatic carbocycles. The van der Waals surface area contributed by atoms with E-state index in [9.17, 15) is 14.0 Å². The van der Waals surface area contributed by atoms with Gasteiger partial charge >= 0.3 is 0 Å². The zero-order valence-corrected chi connectivity index (χ0v) is 15.0. The Bertz CT molecular complexity index is 1060. The highest BCUT2D eigenvalue weighted by Crippen LogP contribution is 2.38. The number of fused-ring (bicyclic) bond motifs is 1. The summed E-state index contributed by atoms with van der Waals surface area (Å²) >= 11 is 0. The molecule has 1 aromatic heterocycles.